The molecule has 0 amide bonds. The van der Waals surface area contributed by atoms with E-state index in [2.05, 4.69) is 31.3 Å². The number of hydrogen-bond donors (Lipinski definition) is 1. The Morgan fingerprint density at radius 2 is 2.05 bits per heavy atom. The highest BCUT2D eigenvalue weighted by Crippen LogP contribution is 2.33. The summed E-state index contributed by atoms with van der Waals surface area (Å²) in [6.07, 6.45) is 0. The van der Waals surface area contributed by atoms with E-state index >= 15 is 0 Å². The van der Waals surface area contributed by atoms with Gasteiger partial charge in [-0.3, -0.25) is 0 Å². The fraction of sp³-hybridized carbons (Fsp3) is 0.333. The molecule has 1 aromatic carbocycles. The van der Waals surface area contributed by atoms with Gasteiger partial charge in [0.1, 0.15) is 5.75 Å². The molecule has 2 rings (SSSR count). The molecule has 0 unspecified atom stereocenters. The van der Waals surface area contributed by atoms with E-state index in [1.54, 1.807) is 18.4 Å². The van der Waals surface area contributed by atoms with Gasteiger partial charge in [-0.05, 0) is 29.8 Å². The van der Waals surface area contributed by atoms with E-state index in [0.29, 0.717) is 11.1 Å². The van der Waals surface area contributed by atoms with Gasteiger partial charge in [0.05, 0.1) is 12.1 Å². The molecule has 19 heavy (non-hydrogen) atoms. The van der Waals surface area contributed by atoms with Gasteiger partial charge in [0.2, 0.25) is 0 Å². The van der Waals surface area contributed by atoms with E-state index in [1.165, 1.54) is 9.75 Å². The Bertz CT molecular complexity index is 551. The lowest BCUT2D eigenvalue weighted by Gasteiger charge is -2.06. The number of rotatable bonds is 5. The average Bonchev–Trinajstić information content (AvgIpc) is 2.86. The van der Waals surface area contributed by atoms with Crippen LogP contribution in [-0.4, -0.2) is 13.2 Å². The van der Waals surface area contributed by atoms with E-state index in [-0.39, 0.29) is 0 Å². The maximum absolute atomic E-state index is 6.04. The van der Waals surface area contributed by atoms with Gasteiger partial charge >= 0.3 is 0 Å². The first kappa shape index (κ1) is 14.4. The fourth-order valence-corrected chi connectivity index (χ4v) is 2.90. The molecular weight excluding hydrogens is 278 g/mol. The number of nitrogens with one attached hydrogen (secondary N) is 1. The van der Waals surface area contributed by atoms with Gasteiger partial charge in [-0.25, -0.2) is 0 Å². The van der Waals surface area contributed by atoms with E-state index in [9.17, 15) is 0 Å². The normalized spacial score (nSPS) is 11.0. The zero-order valence-electron chi connectivity index (χ0n) is 11.4. The molecule has 1 heterocycles. The monoisotopic (exact) mass is 295 g/mol. The van der Waals surface area contributed by atoms with Gasteiger partial charge in [-0.15, -0.1) is 11.3 Å². The predicted molar refractivity (Wildman–Crippen MR) is 83.3 cm³/mol. The van der Waals surface area contributed by atoms with Crippen molar-refractivity contribution in [2.24, 2.45) is 0 Å². The highest BCUT2D eigenvalue weighted by molar-refractivity contribution is 7.15. The maximum atomic E-state index is 6.04. The van der Waals surface area contributed by atoms with Gasteiger partial charge in [0, 0.05) is 22.3 Å². The highest BCUT2D eigenvalue weighted by Gasteiger charge is 2.07. The lowest BCUT2D eigenvalue weighted by molar-refractivity contribution is 0.415. The van der Waals surface area contributed by atoms with Crippen molar-refractivity contribution < 1.29 is 4.74 Å². The van der Waals surface area contributed by atoms with Gasteiger partial charge in [0.15, 0.2) is 0 Å². The molecule has 0 atom stereocenters. The van der Waals surface area contributed by atoms with Crippen molar-refractivity contribution in [2.45, 2.75) is 26.4 Å². The summed E-state index contributed by atoms with van der Waals surface area (Å²) in [7, 11) is 1.64. The van der Waals surface area contributed by atoms with Crippen LogP contribution in [0.15, 0.2) is 30.3 Å². The third kappa shape index (κ3) is 3.72. The number of halogens is 1. The number of methoxy groups -OCH3 is 1. The second-order valence-electron chi connectivity index (χ2n) is 4.65. The van der Waals surface area contributed by atoms with Crippen molar-refractivity contribution in [2.75, 3.05) is 7.11 Å². The molecule has 0 saturated carbocycles. The topological polar surface area (TPSA) is 21.3 Å². The van der Waals surface area contributed by atoms with Crippen LogP contribution in [-0.2, 0) is 6.54 Å². The lowest BCUT2D eigenvalue weighted by Crippen LogP contribution is -2.21. The van der Waals surface area contributed by atoms with Crippen LogP contribution in [0.3, 0.4) is 0 Å². The molecule has 0 saturated heterocycles. The summed E-state index contributed by atoms with van der Waals surface area (Å²) in [5, 5.41) is 4.07. The summed E-state index contributed by atoms with van der Waals surface area (Å²) in [6.45, 7) is 5.21. The number of thiophene rings is 1. The van der Waals surface area contributed by atoms with Gasteiger partial charge in [-0.2, -0.15) is 0 Å². The number of benzene rings is 1. The quantitative estimate of drug-likeness (QED) is 0.872. The number of hydrogen-bond acceptors (Lipinski definition) is 3. The molecule has 2 nitrogen and oxygen atoms in total. The molecule has 0 fully saturated rings. The highest BCUT2D eigenvalue weighted by atomic mass is 35.5. The first-order valence-corrected chi connectivity index (χ1v) is 7.45. The smallest absolute Gasteiger partial charge is 0.138 e. The molecule has 0 aliphatic rings. The van der Waals surface area contributed by atoms with Gasteiger partial charge in [0.25, 0.3) is 0 Å². The Labute approximate surface area is 123 Å². The van der Waals surface area contributed by atoms with Crippen LogP contribution >= 0.6 is 22.9 Å². The Morgan fingerprint density at radius 3 is 2.74 bits per heavy atom. The fourth-order valence-electron chi connectivity index (χ4n) is 1.75. The molecule has 0 bridgehead atoms. The van der Waals surface area contributed by atoms with Crippen molar-refractivity contribution in [3.05, 3.63) is 40.2 Å². The van der Waals surface area contributed by atoms with Crippen molar-refractivity contribution in [1.29, 1.82) is 0 Å². The van der Waals surface area contributed by atoms with Crippen molar-refractivity contribution in [3.8, 4) is 16.2 Å². The first-order chi connectivity index (χ1) is 9.10. The minimum Gasteiger partial charge on any atom is -0.495 e. The van der Waals surface area contributed by atoms with Crippen molar-refractivity contribution in [1.82, 2.24) is 5.32 Å². The largest absolute Gasteiger partial charge is 0.495 e. The molecule has 4 heteroatoms. The molecular formula is C15H18ClNOS. The first-order valence-electron chi connectivity index (χ1n) is 6.26. The minimum absolute atomic E-state index is 0.501. The summed E-state index contributed by atoms with van der Waals surface area (Å²) in [5.74, 6) is 0.717. The predicted octanol–water partition coefficient (Wildman–Crippen LogP) is 4.58. The molecule has 0 aliphatic carbocycles. The minimum atomic E-state index is 0.501. The zero-order chi connectivity index (χ0) is 13.8. The Balaban J connectivity index is 2.18. The molecule has 1 N–H and O–H groups in total. The third-order valence-corrected chi connectivity index (χ3v) is 4.23. The van der Waals surface area contributed by atoms with Crippen LogP contribution in [0.4, 0.5) is 0 Å². The lowest BCUT2D eigenvalue weighted by atomic mass is 10.2. The average molecular weight is 296 g/mol. The Hall–Kier alpha value is -1.03. The molecule has 1 aromatic heterocycles. The van der Waals surface area contributed by atoms with Crippen LogP contribution in [0, 0.1) is 0 Å². The van der Waals surface area contributed by atoms with Crippen LogP contribution in [0.2, 0.25) is 5.02 Å². The van der Waals surface area contributed by atoms with Crippen molar-refractivity contribution >= 4 is 22.9 Å². The van der Waals surface area contributed by atoms with Crippen LogP contribution in [0.1, 0.15) is 18.7 Å². The van der Waals surface area contributed by atoms with E-state index in [1.807, 2.05) is 18.2 Å². The second kappa shape index (κ2) is 6.42. The van der Waals surface area contributed by atoms with Crippen LogP contribution < -0.4 is 10.1 Å². The zero-order valence-corrected chi connectivity index (χ0v) is 12.9. The third-order valence-electron chi connectivity index (χ3n) is 2.78. The summed E-state index contributed by atoms with van der Waals surface area (Å²) in [4.78, 5) is 2.56. The Morgan fingerprint density at radius 1 is 1.26 bits per heavy atom. The standard InChI is InChI=1S/C15H18ClNOS/c1-10(2)17-9-12-5-7-15(19-12)11-4-6-13(16)14(8-11)18-3/h4-8,10,17H,9H2,1-3H3. The van der Waals surface area contributed by atoms with E-state index in [0.717, 1.165) is 17.9 Å². The molecule has 102 valence electrons. The molecule has 2 aromatic rings. The van der Waals surface area contributed by atoms with Crippen molar-refractivity contribution in [3.63, 3.8) is 0 Å². The van der Waals surface area contributed by atoms with Gasteiger partial charge < -0.3 is 10.1 Å². The Kier molecular flexibility index (Phi) is 4.86. The summed E-state index contributed by atoms with van der Waals surface area (Å²) >= 11 is 7.83. The second-order valence-corrected chi connectivity index (χ2v) is 6.23. The summed E-state index contributed by atoms with van der Waals surface area (Å²) in [5.41, 5.74) is 1.14. The SMILES string of the molecule is COc1cc(-c2ccc(CNC(C)C)s2)ccc1Cl. The summed E-state index contributed by atoms with van der Waals surface area (Å²) in [6, 6.07) is 10.7. The maximum Gasteiger partial charge on any atom is 0.138 e. The summed E-state index contributed by atoms with van der Waals surface area (Å²) < 4.78 is 5.25. The van der Waals surface area contributed by atoms with E-state index < -0.39 is 0 Å². The molecule has 0 aliphatic heterocycles. The van der Waals surface area contributed by atoms with Gasteiger partial charge in [-0.1, -0.05) is 31.5 Å². The molecule has 0 radical (unpaired) electrons. The van der Waals surface area contributed by atoms with E-state index in [4.69, 9.17) is 16.3 Å². The number of ether oxygens (including phenoxy) is 1. The van der Waals surface area contributed by atoms with Crippen LogP contribution in [0.25, 0.3) is 10.4 Å². The van der Waals surface area contributed by atoms with Crippen LogP contribution in [0.5, 0.6) is 5.75 Å². The molecule has 0 spiro atoms.